The van der Waals surface area contributed by atoms with Crippen LogP contribution in [0.4, 0.5) is 11.4 Å². The number of hydrogen-bond donors (Lipinski definition) is 1. The van der Waals surface area contributed by atoms with Gasteiger partial charge in [0.05, 0.1) is 10.5 Å². The average molecular weight is 370 g/mol. The molecule has 0 aliphatic heterocycles. The molecule has 0 bridgehead atoms. The second kappa shape index (κ2) is 9.23. The fourth-order valence-electron chi connectivity index (χ4n) is 2.21. The summed E-state index contributed by atoms with van der Waals surface area (Å²) in [4.78, 5) is 45.6. The van der Waals surface area contributed by atoms with Crippen molar-refractivity contribution in [3.05, 3.63) is 69.8 Å². The lowest BCUT2D eigenvalue weighted by molar-refractivity contribution is -0.384. The number of ketones is 1. The van der Waals surface area contributed by atoms with Gasteiger partial charge in [0.1, 0.15) is 0 Å². The van der Waals surface area contributed by atoms with Crippen molar-refractivity contribution in [2.45, 2.75) is 19.8 Å². The molecular weight excluding hydrogens is 352 g/mol. The highest BCUT2D eigenvalue weighted by molar-refractivity contribution is 6.00. The Morgan fingerprint density at radius 1 is 1.00 bits per heavy atom. The van der Waals surface area contributed by atoms with Gasteiger partial charge in [0, 0.05) is 29.8 Å². The second-order valence-electron chi connectivity index (χ2n) is 5.68. The van der Waals surface area contributed by atoms with Crippen LogP contribution in [0, 0.1) is 10.1 Å². The predicted octanol–water partition coefficient (Wildman–Crippen LogP) is 3.37. The number of nitro benzene ring substituents is 1. The van der Waals surface area contributed by atoms with Crippen molar-refractivity contribution >= 4 is 29.0 Å². The molecule has 27 heavy (non-hydrogen) atoms. The molecule has 8 nitrogen and oxygen atoms in total. The number of amides is 1. The Labute approximate surface area is 155 Å². The van der Waals surface area contributed by atoms with Gasteiger partial charge in [-0.25, -0.2) is 4.79 Å². The Morgan fingerprint density at radius 2 is 1.59 bits per heavy atom. The summed E-state index contributed by atoms with van der Waals surface area (Å²) >= 11 is 0. The summed E-state index contributed by atoms with van der Waals surface area (Å²) in [6.45, 7) is 1.44. The van der Waals surface area contributed by atoms with Gasteiger partial charge in [-0.1, -0.05) is 6.92 Å². The molecule has 0 radical (unpaired) electrons. The number of carbonyl (C=O) groups excluding carboxylic acids is 3. The summed E-state index contributed by atoms with van der Waals surface area (Å²) in [6, 6.07) is 11.1. The number of nitrogens with one attached hydrogen (secondary N) is 1. The Balaban J connectivity index is 1.90. The standard InChI is InChI=1S/C19H18N2O6/c1-2-3-18(23)20-15-8-4-13(5-9-15)17(22)12-27-19(24)14-6-10-16(11-7-14)21(25)26/h4-11H,2-3,12H2,1H3,(H,20,23). The van der Waals surface area contributed by atoms with Crippen LogP contribution in [0.1, 0.15) is 40.5 Å². The molecule has 0 atom stereocenters. The normalized spacial score (nSPS) is 10.1. The monoisotopic (exact) mass is 370 g/mol. The summed E-state index contributed by atoms with van der Waals surface area (Å²) in [5.74, 6) is -1.26. The molecule has 1 N–H and O–H groups in total. The Bertz CT molecular complexity index is 844. The van der Waals surface area contributed by atoms with Crippen LogP contribution in [0.25, 0.3) is 0 Å². The molecule has 0 unspecified atom stereocenters. The summed E-state index contributed by atoms with van der Waals surface area (Å²) in [7, 11) is 0. The predicted molar refractivity (Wildman–Crippen MR) is 97.7 cm³/mol. The number of non-ortho nitro benzene ring substituents is 1. The van der Waals surface area contributed by atoms with E-state index in [1.165, 1.54) is 36.4 Å². The van der Waals surface area contributed by atoms with Gasteiger partial charge in [-0.05, 0) is 42.8 Å². The summed E-state index contributed by atoms with van der Waals surface area (Å²) in [5.41, 5.74) is 0.879. The third kappa shape index (κ3) is 5.74. The van der Waals surface area contributed by atoms with Gasteiger partial charge in [0.2, 0.25) is 5.91 Å². The van der Waals surface area contributed by atoms with E-state index in [9.17, 15) is 24.5 Å². The van der Waals surface area contributed by atoms with Gasteiger partial charge >= 0.3 is 5.97 Å². The zero-order chi connectivity index (χ0) is 19.8. The van der Waals surface area contributed by atoms with Crippen molar-refractivity contribution in [2.75, 3.05) is 11.9 Å². The molecule has 0 aliphatic carbocycles. The lowest BCUT2D eigenvalue weighted by Crippen LogP contribution is -2.14. The number of carbonyl (C=O) groups is 3. The zero-order valence-corrected chi connectivity index (χ0v) is 14.6. The molecule has 0 saturated carbocycles. The summed E-state index contributed by atoms with van der Waals surface area (Å²) in [6.07, 6.45) is 1.15. The van der Waals surface area contributed by atoms with Crippen LogP contribution in [-0.4, -0.2) is 29.2 Å². The number of rotatable bonds is 8. The minimum atomic E-state index is -0.748. The average Bonchev–Trinajstić information content (AvgIpc) is 2.66. The lowest BCUT2D eigenvalue weighted by Gasteiger charge is -2.07. The van der Waals surface area contributed by atoms with E-state index in [2.05, 4.69) is 5.32 Å². The number of Topliss-reactive ketones (excluding diaryl/α,β-unsaturated/α-hetero) is 1. The third-order valence-corrected chi connectivity index (χ3v) is 3.62. The van der Waals surface area contributed by atoms with E-state index >= 15 is 0 Å². The van der Waals surface area contributed by atoms with Gasteiger partial charge < -0.3 is 10.1 Å². The van der Waals surface area contributed by atoms with Crippen molar-refractivity contribution in [3.8, 4) is 0 Å². The minimum Gasteiger partial charge on any atom is -0.454 e. The Hall–Kier alpha value is -3.55. The topological polar surface area (TPSA) is 116 Å². The van der Waals surface area contributed by atoms with Crippen molar-refractivity contribution < 1.29 is 24.0 Å². The molecule has 140 valence electrons. The van der Waals surface area contributed by atoms with Crippen molar-refractivity contribution in [1.29, 1.82) is 0 Å². The van der Waals surface area contributed by atoms with Crippen LogP contribution in [-0.2, 0) is 9.53 Å². The quantitative estimate of drug-likeness (QED) is 0.330. The Kier molecular flexibility index (Phi) is 6.76. The first-order chi connectivity index (χ1) is 12.9. The highest BCUT2D eigenvalue weighted by Gasteiger charge is 2.13. The number of nitrogens with zero attached hydrogens (tertiary/aromatic N) is 1. The van der Waals surface area contributed by atoms with E-state index in [0.29, 0.717) is 17.7 Å². The van der Waals surface area contributed by atoms with Crippen LogP contribution < -0.4 is 5.32 Å². The third-order valence-electron chi connectivity index (χ3n) is 3.62. The Morgan fingerprint density at radius 3 is 2.15 bits per heavy atom. The smallest absolute Gasteiger partial charge is 0.338 e. The number of hydrogen-bond acceptors (Lipinski definition) is 6. The van der Waals surface area contributed by atoms with Crippen molar-refractivity contribution in [2.24, 2.45) is 0 Å². The van der Waals surface area contributed by atoms with E-state index in [-0.39, 0.29) is 17.2 Å². The van der Waals surface area contributed by atoms with Crippen LogP contribution in [0.3, 0.4) is 0 Å². The molecule has 1 amide bonds. The minimum absolute atomic E-state index is 0.103. The molecule has 8 heteroatoms. The first-order valence-electron chi connectivity index (χ1n) is 8.25. The van der Waals surface area contributed by atoms with E-state index in [4.69, 9.17) is 4.74 Å². The van der Waals surface area contributed by atoms with Crippen molar-refractivity contribution in [3.63, 3.8) is 0 Å². The number of nitro groups is 1. The molecule has 0 heterocycles. The van der Waals surface area contributed by atoms with Crippen LogP contribution >= 0.6 is 0 Å². The van der Waals surface area contributed by atoms with Gasteiger partial charge in [0.25, 0.3) is 5.69 Å². The molecule has 0 spiro atoms. The van der Waals surface area contributed by atoms with E-state index in [0.717, 1.165) is 6.42 Å². The van der Waals surface area contributed by atoms with Gasteiger partial charge in [-0.15, -0.1) is 0 Å². The lowest BCUT2D eigenvalue weighted by atomic mass is 10.1. The molecule has 2 aromatic carbocycles. The summed E-state index contributed by atoms with van der Waals surface area (Å²) in [5, 5.41) is 13.3. The van der Waals surface area contributed by atoms with E-state index in [1.54, 1.807) is 12.1 Å². The fraction of sp³-hybridized carbons (Fsp3) is 0.211. The number of esters is 1. The van der Waals surface area contributed by atoms with Gasteiger partial charge in [-0.3, -0.25) is 19.7 Å². The molecule has 0 aliphatic rings. The molecule has 2 rings (SSSR count). The second-order valence-corrected chi connectivity index (χ2v) is 5.68. The van der Waals surface area contributed by atoms with Crippen LogP contribution in [0.15, 0.2) is 48.5 Å². The molecule has 0 fully saturated rings. The molecule has 0 saturated heterocycles. The molecular formula is C19H18N2O6. The van der Waals surface area contributed by atoms with Crippen molar-refractivity contribution in [1.82, 2.24) is 0 Å². The van der Waals surface area contributed by atoms with E-state index < -0.39 is 23.3 Å². The first kappa shape index (κ1) is 19.8. The summed E-state index contributed by atoms with van der Waals surface area (Å²) < 4.78 is 4.94. The van der Waals surface area contributed by atoms with E-state index in [1.807, 2.05) is 6.92 Å². The highest BCUT2D eigenvalue weighted by atomic mass is 16.6. The number of anilines is 1. The fourth-order valence-corrected chi connectivity index (χ4v) is 2.21. The maximum atomic E-state index is 12.1. The molecule has 2 aromatic rings. The maximum absolute atomic E-state index is 12.1. The zero-order valence-electron chi connectivity index (χ0n) is 14.6. The SMILES string of the molecule is CCCC(=O)Nc1ccc(C(=O)COC(=O)c2ccc([N+](=O)[O-])cc2)cc1. The van der Waals surface area contributed by atoms with Crippen LogP contribution in [0.2, 0.25) is 0 Å². The maximum Gasteiger partial charge on any atom is 0.338 e. The van der Waals surface area contributed by atoms with Crippen LogP contribution in [0.5, 0.6) is 0 Å². The van der Waals surface area contributed by atoms with Gasteiger partial charge in [-0.2, -0.15) is 0 Å². The van der Waals surface area contributed by atoms with Gasteiger partial charge in [0.15, 0.2) is 12.4 Å². The highest BCUT2D eigenvalue weighted by Crippen LogP contribution is 2.14. The molecule has 0 aromatic heterocycles. The number of ether oxygens (including phenoxy) is 1. The largest absolute Gasteiger partial charge is 0.454 e. The number of benzene rings is 2. The first-order valence-corrected chi connectivity index (χ1v) is 8.25.